The molecule has 0 aromatic rings. The van der Waals surface area contributed by atoms with Crippen molar-refractivity contribution in [3.05, 3.63) is 0 Å². The largest absolute Gasteiger partial charge is 0.478 e. The quantitative estimate of drug-likeness (QED) is 0.734. The molecule has 0 aromatic heterocycles. The number of Topliss-reactive ketones (excluding diaryl/α,β-unsaturated/α-hetero) is 2. The van der Waals surface area contributed by atoms with Gasteiger partial charge in [0.25, 0.3) is 0 Å². The minimum Gasteiger partial charge on any atom is -0.478 e. The number of carbonyl (C=O) groups excluding carboxylic acids is 2. The van der Waals surface area contributed by atoms with Gasteiger partial charge in [-0.2, -0.15) is 0 Å². The molecule has 0 N–H and O–H groups in total. The summed E-state index contributed by atoms with van der Waals surface area (Å²) in [5.74, 6) is 0.761. The average Bonchev–Trinajstić information content (AvgIpc) is 2.69. The zero-order valence-electron chi connectivity index (χ0n) is 12.1. The van der Waals surface area contributed by atoms with Crippen LogP contribution in [0.3, 0.4) is 0 Å². The first-order valence-corrected chi connectivity index (χ1v) is 7.14. The van der Waals surface area contributed by atoms with E-state index < -0.39 is 0 Å². The number of carbonyl (C=O) groups is 2. The van der Waals surface area contributed by atoms with Crippen molar-refractivity contribution in [2.75, 3.05) is 6.61 Å². The van der Waals surface area contributed by atoms with Gasteiger partial charge in [0.15, 0.2) is 5.90 Å². The highest BCUT2D eigenvalue weighted by atomic mass is 16.5. The molecule has 0 spiro atoms. The van der Waals surface area contributed by atoms with E-state index in [9.17, 15) is 9.59 Å². The maximum atomic E-state index is 12.2. The van der Waals surface area contributed by atoms with Crippen LogP contribution in [0.1, 0.15) is 52.9 Å². The standard InChI is InChI=1S/C15H23NO3/c1-10(17)8-13(18)11-6-4-5-7-12(11)14-16-15(2,3)9-19-14/h11-12H,4-9H2,1-3H3. The molecule has 1 aliphatic carbocycles. The molecule has 0 amide bonds. The van der Waals surface area contributed by atoms with Crippen LogP contribution in [0.15, 0.2) is 4.99 Å². The lowest BCUT2D eigenvalue weighted by atomic mass is 9.75. The second kappa shape index (κ2) is 5.43. The Labute approximate surface area is 114 Å². The second-order valence-corrected chi connectivity index (χ2v) is 6.39. The van der Waals surface area contributed by atoms with Gasteiger partial charge in [-0.1, -0.05) is 12.8 Å². The monoisotopic (exact) mass is 265 g/mol. The number of hydrogen-bond donors (Lipinski definition) is 0. The number of ether oxygens (including phenoxy) is 1. The third-order valence-corrected chi connectivity index (χ3v) is 3.91. The van der Waals surface area contributed by atoms with Gasteiger partial charge in [-0.15, -0.1) is 0 Å². The number of nitrogens with zero attached hydrogens (tertiary/aromatic N) is 1. The van der Waals surface area contributed by atoms with Crippen LogP contribution in [-0.4, -0.2) is 29.6 Å². The van der Waals surface area contributed by atoms with Gasteiger partial charge < -0.3 is 4.74 Å². The highest BCUT2D eigenvalue weighted by Gasteiger charge is 2.39. The molecule has 19 heavy (non-hydrogen) atoms. The zero-order chi connectivity index (χ0) is 14.0. The number of rotatable bonds is 4. The highest BCUT2D eigenvalue weighted by molar-refractivity contribution is 6.01. The molecule has 0 saturated heterocycles. The van der Waals surface area contributed by atoms with E-state index in [2.05, 4.69) is 4.99 Å². The Morgan fingerprint density at radius 3 is 2.58 bits per heavy atom. The molecule has 2 aliphatic rings. The topological polar surface area (TPSA) is 55.7 Å². The molecule has 2 atom stereocenters. The minimum absolute atomic E-state index is 0.0519. The highest BCUT2D eigenvalue weighted by Crippen LogP contribution is 2.35. The van der Waals surface area contributed by atoms with E-state index in [1.165, 1.54) is 6.92 Å². The van der Waals surface area contributed by atoms with E-state index in [-0.39, 0.29) is 35.4 Å². The fourth-order valence-corrected chi connectivity index (χ4v) is 2.99. The van der Waals surface area contributed by atoms with E-state index in [4.69, 9.17) is 4.74 Å². The Morgan fingerprint density at radius 1 is 1.32 bits per heavy atom. The SMILES string of the molecule is CC(=O)CC(=O)C1CCCCC1C1=NC(C)(C)CO1. The molecule has 1 saturated carbocycles. The summed E-state index contributed by atoms with van der Waals surface area (Å²) in [6.07, 6.45) is 4.03. The molecule has 1 fully saturated rings. The molecule has 2 rings (SSSR count). The van der Waals surface area contributed by atoms with Gasteiger partial charge in [0.2, 0.25) is 0 Å². The average molecular weight is 265 g/mol. The molecule has 1 aliphatic heterocycles. The summed E-state index contributed by atoms with van der Waals surface area (Å²) in [7, 11) is 0. The van der Waals surface area contributed by atoms with Crippen molar-refractivity contribution >= 4 is 17.5 Å². The summed E-state index contributed by atoms with van der Waals surface area (Å²) < 4.78 is 5.71. The predicted octanol–water partition coefficient (Wildman–Crippen LogP) is 2.55. The normalized spacial score (nSPS) is 29.5. The first-order chi connectivity index (χ1) is 8.89. The van der Waals surface area contributed by atoms with Crippen molar-refractivity contribution in [1.82, 2.24) is 0 Å². The van der Waals surface area contributed by atoms with Crippen molar-refractivity contribution < 1.29 is 14.3 Å². The molecule has 4 nitrogen and oxygen atoms in total. The molecule has 1 heterocycles. The number of hydrogen-bond acceptors (Lipinski definition) is 4. The van der Waals surface area contributed by atoms with E-state index in [1.807, 2.05) is 13.8 Å². The van der Waals surface area contributed by atoms with Crippen LogP contribution in [0.4, 0.5) is 0 Å². The van der Waals surface area contributed by atoms with Gasteiger partial charge in [0, 0.05) is 11.8 Å². The Bertz CT molecular complexity index is 412. The second-order valence-electron chi connectivity index (χ2n) is 6.39. The lowest BCUT2D eigenvalue weighted by Crippen LogP contribution is -2.33. The number of aliphatic imine (C=N–C) groups is 1. The van der Waals surface area contributed by atoms with Crippen molar-refractivity contribution in [2.45, 2.75) is 58.4 Å². The Hall–Kier alpha value is -1.19. The molecule has 0 aromatic carbocycles. The predicted molar refractivity (Wildman–Crippen MR) is 73.2 cm³/mol. The molecule has 0 radical (unpaired) electrons. The summed E-state index contributed by atoms with van der Waals surface area (Å²) in [6.45, 7) is 6.14. The fraction of sp³-hybridized carbons (Fsp3) is 0.800. The van der Waals surface area contributed by atoms with Crippen LogP contribution in [0, 0.1) is 11.8 Å². The molecular weight excluding hydrogens is 242 g/mol. The fourth-order valence-electron chi connectivity index (χ4n) is 2.99. The van der Waals surface area contributed by atoms with E-state index in [1.54, 1.807) is 0 Å². The molecule has 0 bridgehead atoms. The van der Waals surface area contributed by atoms with Crippen LogP contribution >= 0.6 is 0 Å². The van der Waals surface area contributed by atoms with E-state index in [0.29, 0.717) is 6.61 Å². The van der Waals surface area contributed by atoms with Crippen molar-refractivity contribution in [3.8, 4) is 0 Å². The van der Waals surface area contributed by atoms with Gasteiger partial charge >= 0.3 is 0 Å². The first kappa shape index (κ1) is 14.2. The maximum Gasteiger partial charge on any atom is 0.187 e. The Balaban J connectivity index is 2.13. The zero-order valence-corrected chi connectivity index (χ0v) is 12.1. The number of ketones is 2. The smallest absolute Gasteiger partial charge is 0.187 e. The van der Waals surface area contributed by atoms with Gasteiger partial charge in [-0.05, 0) is 33.6 Å². The van der Waals surface area contributed by atoms with E-state index in [0.717, 1.165) is 31.6 Å². The molecule has 106 valence electrons. The molecular formula is C15H23NO3. The Kier molecular flexibility index (Phi) is 4.07. The summed E-state index contributed by atoms with van der Waals surface area (Å²) >= 11 is 0. The van der Waals surface area contributed by atoms with Crippen LogP contribution in [0.2, 0.25) is 0 Å². The van der Waals surface area contributed by atoms with Crippen molar-refractivity contribution in [2.24, 2.45) is 16.8 Å². The maximum absolute atomic E-state index is 12.2. The minimum atomic E-state index is -0.180. The molecule has 4 heteroatoms. The van der Waals surface area contributed by atoms with Crippen LogP contribution < -0.4 is 0 Å². The third-order valence-electron chi connectivity index (χ3n) is 3.91. The van der Waals surface area contributed by atoms with Gasteiger partial charge in [-0.25, -0.2) is 4.99 Å². The van der Waals surface area contributed by atoms with E-state index >= 15 is 0 Å². The van der Waals surface area contributed by atoms with Crippen LogP contribution in [-0.2, 0) is 14.3 Å². The Morgan fingerprint density at radius 2 is 2.00 bits per heavy atom. The first-order valence-electron chi connectivity index (χ1n) is 7.14. The van der Waals surface area contributed by atoms with Gasteiger partial charge in [0.1, 0.15) is 18.2 Å². The summed E-state index contributed by atoms with van der Waals surface area (Å²) in [5, 5.41) is 0. The van der Waals surface area contributed by atoms with Crippen LogP contribution in [0.25, 0.3) is 0 Å². The van der Waals surface area contributed by atoms with Crippen molar-refractivity contribution in [3.63, 3.8) is 0 Å². The third kappa shape index (κ3) is 3.43. The van der Waals surface area contributed by atoms with Crippen molar-refractivity contribution in [1.29, 1.82) is 0 Å². The van der Waals surface area contributed by atoms with Crippen LogP contribution in [0.5, 0.6) is 0 Å². The summed E-state index contributed by atoms with van der Waals surface area (Å²) in [5.41, 5.74) is -0.180. The van der Waals surface area contributed by atoms with Gasteiger partial charge in [0.05, 0.1) is 12.0 Å². The molecule has 2 unspecified atom stereocenters. The lowest BCUT2D eigenvalue weighted by molar-refractivity contribution is -0.129. The summed E-state index contributed by atoms with van der Waals surface area (Å²) in [6, 6.07) is 0. The summed E-state index contributed by atoms with van der Waals surface area (Å²) in [4.78, 5) is 28.0. The van der Waals surface area contributed by atoms with Gasteiger partial charge in [-0.3, -0.25) is 9.59 Å². The lowest BCUT2D eigenvalue weighted by Gasteiger charge is -2.29.